The number of hydrogen-bond donors (Lipinski definition) is 1. The second kappa shape index (κ2) is 11.6. The number of alkyl halides is 3. The van der Waals surface area contributed by atoms with Crippen molar-refractivity contribution in [1.82, 2.24) is 10.2 Å². The SMILES string of the molecule is CCOc1cc(C(c2cccc(C(F)(F)F)c2)N2CCCNCC2)ccc1OCc1ccccc1. The van der Waals surface area contributed by atoms with Gasteiger partial charge >= 0.3 is 6.18 Å². The number of hydrogen-bond acceptors (Lipinski definition) is 4. The molecule has 0 aromatic heterocycles. The highest BCUT2D eigenvalue weighted by Gasteiger charge is 2.32. The van der Waals surface area contributed by atoms with E-state index in [1.807, 2.05) is 55.5 Å². The highest BCUT2D eigenvalue weighted by Crippen LogP contribution is 2.38. The van der Waals surface area contributed by atoms with Crippen molar-refractivity contribution < 1.29 is 22.6 Å². The van der Waals surface area contributed by atoms with E-state index in [9.17, 15) is 13.2 Å². The standard InChI is InChI=1S/C28H31F3N2O2/c1-2-34-26-19-23(12-13-25(26)35-20-21-8-4-3-5-9-21)27(33-16-7-14-32-15-17-33)22-10-6-11-24(18-22)28(29,30)31/h3-6,8-13,18-19,27,32H,2,7,14-17,20H2,1H3. The van der Waals surface area contributed by atoms with Gasteiger partial charge in [-0.1, -0.05) is 48.5 Å². The molecule has 0 radical (unpaired) electrons. The number of halogens is 3. The van der Waals surface area contributed by atoms with Gasteiger partial charge in [-0.15, -0.1) is 0 Å². The highest BCUT2D eigenvalue weighted by molar-refractivity contribution is 5.46. The summed E-state index contributed by atoms with van der Waals surface area (Å²) in [5.41, 5.74) is 1.89. The molecule has 3 aromatic carbocycles. The Hall–Kier alpha value is -3.03. The average Bonchev–Trinajstić information content (AvgIpc) is 3.14. The minimum Gasteiger partial charge on any atom is -0.490 e. The molecular weight excluding hydrogens is 453 g/mol. The molecule has 1 fully saturated rings. The van der Waals surface area contributed by atoms with Crippen LogP contribution in [0.3, 0.4) is 0 Å². The number of rotatable bonds is 8. The Bertz CT molecular complexity index is 1080. The van der Waals surface area contributed by atoms with Gasteiger partial charge < -0.3 is 14.8 Å². The molecule has 3 aromatic rings. The van der Waals surface area contributed by atoms with Crippen LogP contribution in [0.4, 0.5) is 13.2 Å². The Balaban J connectivity index is 1.70. The minimum atomic E-state index is -4.40. The van der Waals surface area contributed by atoms with Crippen LogP contribution in [0.25, 0.3) is 0 Å². The molecule has 0 bridgehead atoms. The molecule has 1 atom stereocenters. The summed E-state index contributed by atoms with van der Waals surface area (Å²) < 4.78 is 52.5. The molecule has 1 saturated heterocycles. The summed E-state index contributed by atoms with van der Waals surface area (Å²) in [6, 6.07) is 20.9. The number of benzene rings is 3. The van der Waals surface area contributed by atoms with Gasteiger partial charge in [-0.25, -0.2) is 0 Å². The van der Waals surface area contributed by atoms with Crippen LogP contribution >= 0.6 is 0 Å². The Morgan fingerprint density at radius 1 is 0.857 bits per heavy atom. The zero-order valence-electron chi connectivity index (χ0n) is 19.9. The molecule has 1 aliphatic rings. The number of nitrogens with zero attached hydrogens (tertiary/aromatic N) is 1. The first-order valence-electron chi connectivity index (χ1n) is 12.0. The van der Waals surface area contributed by atoms with Gasteiger partial charge in [-0.05, 0) is 60.8 Å². The second-order valence-electron chi connectivity index (χ2n) is 8.58. The van der Waals surface area contributed by atoms with E-state index in [1.165, 1.54) is 12.1 Å². The summed E-state index contributed by atoms with van der Waals surface area (Å²) in [7, 11) is 0. The molecule has 4 nitrogen and oxygen atoms in total. The number of nitrogens with one attached hydrogen (secondary N) is 1. The third kappa shape index (κ3) is 6.55. The first kappa shape index (κ1) is 25.1. The van der Waals surface area contributed by atoms with Crippen molar-refractivity contribution >= 4 is 0 Å². The largest absolute Gasteiger partial charge is 0.490 e. The zero-order valence-corrected chi connectivity index (χ0v) is 19.9. The van der Waals surface area contributed by atoms with Crippen LogP contribution in [0.15, 0.2) is 72.8 Å². The summed E-state index contributed by atoms with van der Waals surface area (Å²) in [6.45, 7) is 5.94. The molecule has 4 rings (SSSR count). The Labute approximate surface area is 204 Å². The van der Waals surface area contributed by atoms with Crippen LogP contribution in [0, 0.1) is 0 Å². The quantitative estimate of drug-likeness (QED) is 0.421. The second-order valence-corrected chi connectivity index (χ2v) is 8.58. The zero-order chi connectivity index (χ0) is 24.7. The van der Waals surface area contributed by atoms with Crippen molar-refractivity contribution in [2.75, 3.05) is 32.8 Å². The molecular formula is C28H31F3N2O2. The van der Waals surface area contributed by atoms with Crippen LogP contribution in [0.5, 0.6) is 11.5 Å². The summed E-state index contributed by atoms with van der Waals surface area (Å²) in [5.74, 6) is 1.20. The Morgan fingerprint density at radius 2 is 1.66 bits per heavy atom. The van der Waals surface area contributed by atoms with Crippen molar-refractivity contribution in [1.29, 1.82) is 0 Å². The van der Waals surface area contributed by atoms with Gasteiger partial charge in [-0.3, -0.25) is 4.90 Å². The summed E-state index contributed by atoms with van der Waals surface area (Å²) in [4.78, 5) is 2.24. The smallest absolute Gasteiger partial charge is 0.416 e. The van der Waals surface area contributed by atoms with Gasteiger partial charge in [0, 0.05) is 19.6 Å². The lowest BCUT2D eigenvalue weighted by Gasteiger charge is -2.32. The van der Waals surface area contributed by atoms with Crippen LogP contribution in [-0.4, -0.2) is 37.7 Å². The third-order valence-electron chi connectivity index (χ3n) is 6.09. The van der Waals surface area contributed by atoms with Crippen molar-refractivity contribution in [2.45, 2.75) is 32.2 Å². The van der Waals surface area contributed by atoms with Crippen LogP contribution < -0.4 is 14.8 Å². The van der Waals surface area contributed by atoms with E-state index < -0.39 is 11.7 Å². The maximum absolute atomic E-state index is 13.5. The van der Waals surface area contributed by atoms with E-state index >= 15 is 0 Å². The van der Waals surface area contributed by atoms with Gasteiger partial charge in [0.15, 0.2) is 11.5 Å². The van der Waals surface area contributed by atoms with Gasteiger partial charge in [0.2, 0.25) is 0 Å². The van der Waals surface area contributed by atoms with Gasteiger partial charge in [0.25, 0.3) is 0 Å². The van der Waals surface area contributed by atoms with Crippen LogP contribution in [-0.2, 0) is 12.8 Å². The minimum absolute atomic E-state index is 0.334. The van der Waals surface area contributed by atoms with E-state index in [-0.39, 0.29) is 6.04 Å². The van der Waals surface area contributed by atoms with Crippen LogP contribution in [0.1, 0.15) is 41.6 Å². The van der Waals surface area contributed by atoms with E-state index in [0.717, 1.165) is 49.8 Å². The molecule has 1 N–H and O–H groups in total. The average molecular weight is 485 g/mol. The van der Waals surface area contributed by atoms with E-state index in [4.69, 9.17) is 9.47 Å². The Morgan fingerprint density at radius 3 is 2.43 bits per heavy atom. The molecule has 1 unspecified atom stereocenters. The van der Waals surface area contributed by atoms with Crippen molar-refractivity contribution in [3.05, 3.63) is 95.1 Å². The molecule has 0 amide bonds. The first-order valence-corrected chi connectivity index (χ1v) is 12.0. The van der Waals surface area contributed by atoms with Gasteiger partial charge in [0.05, 0.1) is 18.2 Å². The van der Waals surface area contributed by atoms with E-state index in [1.54, 1.807) is 6.07 Å². The predicted octanol–water partition coefficient (Wildman–Crippen LogP) is 6.07. The Kier molecular flexibility index (Phi) is 8.31. The maximum Gasteiger partial charge on any atom is 0.416 e. The topological polar surface area (TPSA) is 33.7 Å². The fraction of sp³-hybridized carbons (Fsp3) is 0.357. The fourth-order valence-electron chi connectivity index (χ4n) is 4.44. The van der Waals surface area contributed by atoms with Crippen molar-refractivity contribution in [3.63, 3.8) is 0 Å². The molecule has 186 valence electrons. The predicted molar refractivity (Wildman–Crippen MR) is 131 cm³/mol. The molecule has 0 aliphatic carbocycles. The first-order chi connectivity index (χ1) is 17.0. The molecule has 1 aliphatic heterocycles. The summed E-state index contributed by atoms with van der Waals surface area (Å²) >= 11 is 0. The van der Waals surface area contributed by atoms with Gasteiger partial charge in [-0.2, -0.15) is 13.2 Å². The monoisotopic (exact) mass is 484 g/mol. The lowest BCUT2D eigenvalue weighted by atomic mass is 9.94. The molecule has 0 saturated carbocycles. The maximum atomic E-state index is 13.5. The summed E-state index contributed by atoms with van der Waals surface area (Å²) in [6.07, 6.45) is -3.47. The van der Waals surface area contributed by atoms with Crippen molar-refractivity contribution in [3.8, 4) is 11.5 Å². The molecule has 1 heterocycles. The molecule has 0 spiro atoms. The lowest BCUT2D eigenvalue weighted by molar-refractivity contribution is -0.137. The van der Waals surface area contributed by atoms with E-state index in [2.05, 4.69) is 10.2 Å². The summed E-state index contributed by atoms with van der Waals surface area (Å²) in [5, 5.41) is 3.38. The third-order valence-corrected chi connectivity index (χ3v) is 6.09. The van der Waals surface area contributed by atoms with Gasteiger partial charge in [0.1, 0.15) is 6.61 Å². The van der Waals surface area contributed by atoms with Crippen LogP contribution in [0.2, 0.25) is 0 Å². The molecule has 7 heteroatoms. The van der Waals surface area contributed by atoms with Crippen molar-refractivity contribution in [2.24, 2.45) is 0 Å². The number of ether oxygens (including phenoxy) is 2. The fourth-order valence-corrected chi connectivity index (χ4v) is 4.44. The highest BCUT2D eigenvalue weighted by atomic mass is 19.4. The normalized spacial score (nSPS) is 15.9. The van der Waals surface area contributed by atoms with E-state index in [0.29, 0.717) is 30.3 Å². The lowest BCUT2D eigenvalue weighted by Crippen LogP contribution is -2.33. The molecule has 35 heavy (non-hydrogen) atoms.